The van der Waals surface area contributed by atoms with E-state index in [1.54, 1.807) is 7.11 Å². The largest absolute Gasteiger partial charge is 0.481 e. The van der Waals surface area contributed by atoms with E-state index in [4.69, 9.17) is 4.74 Å². The zero-order chi connectivity index (χ0) is 9.26. The van der Waals surface area contributed by atoms with E-state index < -0.39 is 0 Å². The summed E-state index contributed by atoms with van der Waals surface area (Å²) in [5.41, 5.74) is 0. The number of pyridine rings is 1. The van der Waals surface area contributed by atoms with E-state index in [9.17, 15) is 0 Å². The Kier molecular flexibility index (Phi) is 2.35. The molecule has 1 heterocycles. The molecule has 0 bridgehead atoms. The van der Waals surface area contributed by atoms with Crippen LogP contribution in [0, 0.1) is 3.57 Å². The zero-order valence-corrected chi connectivity index (χ0v) is 9.28. The highest BCUT2D eigenvalue weighted by Crippen LogP contribution is 2.19. The molecule has 0 aliphatic rings. The lowest BCUT2D eigenvalue weighted by Gasteiger charge is -2.01. The minimum atomic E-state index is 0.661. The predicted octanol–water partition coefficient (Wildman–Crippen LogP) is 2.85. The molecule has 2 nitrogen and oxygen atoms in total. The summed E-state index contributed by atoms with van der Waals surface area (Å²) in [6.07, 6.45) is 1.83. The van der Waals surface area contributed by atoms with Crippen LogP contribution in [-0.2, 0) is 0 Å². The van der Waals surface area contributed by atoms with Gasteiger partial charge in [-0.25, -0.2) is 4.98 Å². The van der Waals surface area contributed by atoms with Gasteiger partial charge in [-0.15, -0.1) is 0 Å². The van der Waals surface area contributed by atoms with Crippen LogP contribution in [0.4, 0.5) is 0 Å². The van der Waals surface area contributed by atoms with Gasteiger partial charge in [-0.05, 0) is 40.1 Å². The number of fused-ring (bicyclic) bond motifs is 1. The summed E-state index contributed by atoms with van der Waals surface area (Å²) >= 11 is 2.29. The molecule has 66 valence electrons. The van der Waals surface area contributed by atoms with Crippen molar-refractivity contribution in [2.75, 3.05) is 7.11 Å². The molecular formula is C10H8INO. The number of ether oxygens (including phenoxy) is 1. The first kappa shape index (κ1) is 8.74. The average molecular weight is 285 g/mol. The van der Waals surface area contributed by atoms with Crippen LogP contribution in [0.3, 0.4) is 0 Å². The minimum Gasteiger partial charge on any atom is -0.481 e. The lowest BCUT2D eigenvalue weighted by Crippen LogP contribution is -1.86. The van der Waals surface area contributed by atoms with Gasteiger partial charge in [-0.2, -0.15) is 0 Å². The number of nitrogens with zero attached hydrogens (tertiary/aromatic N) is 1. The van der Waals surface area contributed by atoms with Gasteiger partial charge in [0, 0.05) is 21.2 Å². The van der Waals surface area contributed by atoms with Crippen LogP contribution in [0.1, 0.15) is 0 Å². The molecule has 0 saturated carbocycles. The van der Waals surface area contributed by atoms with Crippen molar-refractivity contribution in [2.24, 2.45) is 0 Å². The molecule has 0 N–H and O–H groups in total. The van der Waals surface area contributed by atoms with Crippen molar-refractivity contribution >= 4 is 33.4 Å². The van der Waals surface area contributed by atoms with Gasteiger partial charge >= 0.3 is 0 Å². The fourth-order valence-electron chi connectivity index (χ4n) is 1.20. The molecule has 0 spiro atoms. The van der Waals surface area contributed by atoms with Crippen molar-refractivity contribution in [1.29, 1.82) is 0 Å². The fourth-order valence-corrected chi connectivity index (χ4v) is 1.72. The predicted molar refractivity (Wildman–Crippen MR) is 61.0 cm³/mol. The molecule has 0 aliphatic carbocycles. The Balaban J connectivity index is 2.66. The van der Waals surface area contributed by atoms with Crippen LogP contribution in [0.15, 0.2) is 30.5 Å². The van der Waals surface area contributed by atoms with E-state index >= 15 is 0 Å². The number of halogens is 1. The maximum Gasteiger partial charge on any atom is 0.213 e. The summed E-state index contributed by atoms with van der Waals surface area (Å²) in [5.74, 6) is 0.661. The Morgan fingerprint density at radius 1 is 1.23 bits per heavy atom. The Labute approximate surface area is 90.1 Å². The molecule has 0 atom stereocenters. The summed E-state index contributed by atoms with van der Waals surface area (Å²) in [6, 6.07) is 8.18. The third-order valence-electron chi connectivity index (χ3n) is 1.87. The third-order valence-corrected chi connectivity index (χ3v) is 2.54. The average Bonchev–Trinajstić information content (AvgIpc) is 2.17. The molecule has 1 aromatic carbocycles. The van der Waals surface area contributed by atoms with Gasteiger partial charge in [-0.1, -0.05) is 6.07 Å². The highest BCUT2D eigenvalue weighted by Gasteiger charge is 1.97. The normalized spacial score (nSPS) is 10.3. The molecule has 0 fully saturated rings. The maximum atomic E-state index is 5.04. The van der Waals surface area contributed by atoms with E-state index in [0.717, 1.165) is 10.8 Å². The molecule has 13 heavy (non-hydrogen) atoms. The number of methoxy groups -OCH3 is 1. The molecule has 0 amide bonds. The minimum absolute atomic E-state index is 0.661. The number of aromatic nitrogens is 1. The Morgan fingerprint density at radius 2 is 2.08 bits per heavy atom. The molecule has 0 saturated heterocycles. The van der Waals surface area contributed by atoms with Gasteiger partial charge < -0.3 is 4.74 Å². The van der Waals surface area contributed by atoms with Crippen molar-refractivity contribution in [2.45, 2.75) is 0 Å². The molecule has 2 aromatic rings. The summed E-state index contributed by atoms with van der Waals surface area (Å²) in [5, 5.41) is 2.31. The van der Waals surface area contributed by atoms with Gasteiger partial charge in [0.25, 0.3) is 0 Å². The van der Waals surface area contributed by atoms with Crippen LogP contribution >= 0.6 is 22.6 Å². The van der Waals surface area contributed by atoms with Gasteiger partial charge in [0.15, 0.2) is 0 Å². The summed E-state index contributed by atoms with van der Waals surface area (Å²) in [4.78, 5) is 4.14. The summed E-state index contributed by atoms with van der Waals surface area (Å²) < 4.78 is 6.26. The molecule has 3 heteroatoms. The Morgan fingerprint density at radius 3 is 2.85 bits per heavy atom. The first-order valence-electron chi connectivity index (χ1n) is 3.89. The van der Waals surface area contributed by atoms with Crippen molar-refractivity contribution in [3.63, 3.8) is 0 Å². The summed E-state index contributed by atoms with van der Waals surface area (Å²) in [7, 11) is 1.63. The van der Waals surface area contributed by atoms with Gasteiger partial charge in [-0.3, -0.25) is 0 Å². The zero-order valence-electron chi connectivity index (χ0n) is 7.12. The first-order valence-corrected chi connectivity index (χ1v) is 4.97. The third kappa shape index (κ3) is 1.75. The molecule has 2 rings (SSSR count). The quantitative estimate of drug-likeness (QED) is 0.752. The van der Waals surface area contributed by atoms with Crippen LogP contribution in [0.25, 0.3) is 10.8 Å². The monoisotopic (exact) mass is 285 g/mol. The van der Waals surface area contributed by atoms with Crippen LogP contribution in [0.5, 0.6) is 5.88 Å². The molecule has 0 radical (unpaired) electrons. The standard InChI is InChI=1S/C10H8INO/c1-13-10-5-7-2-3-9(11)4-8(7)6-12-10/h2-6H,1H3. The SMILES string of the molecule is COc1cc2ccc(I)cc2cn1. The number of hydrogen-bond acceptors (Lipinski definition) is 2. The van der Waals surface area contributed by atoms with E-state index in [-0.39, 0.29) is 0 Å². The van der Waals surface area contributed by atoms with Crippen LogP contribution in [0.2, 0.25) is 0 Å². The number of rotatable bonds is 1. The van der Waals surface area contributed by atoms with Gasteiger partial charge in [0.2, 0.25) is 5.88 Å². The topological polar surface area (TPSA) is 22.1 Å². The van der Waals surface area contributed by atoms with Crippen LogP contribution in [-0.4, -0.2) is 12.1 Å². The van der Waals surface area contributed by atoms with E-state index in [1.807, 2.05) is 12.3 Å². The molecule has 1 aromatic heterocycles. The lowest BCUT2D eigenvalue weighted by molar-refractivity contribution is 0.399. The summed E-state index contributed by atoms with van der Waals surface area (Å²) in [6.45, 7) is 0. The second kappa shape index (κ2) is 3.49. The molecular weight excluding hydrogens is 277 g/mol. The first-order chi connectivity index (χ1) is 6.29. The Hall–Kier alpha value is -0.840. The highest BCUT2D eigenvalue weighted by atomic mass is 127. The second-order valence-corrected chi connectivity index (χ2v) is 3.96. The number of benzene rings is 1. The Bertz CT molecular complexity index is 442. The van der Waals surface area contributed by atoms with Crippen molar-refractivity contribution in [3.05, 3.63) is 34.0 Å². The maximum absolute atomic E-state index is 5.04. The lowest BCUT2D eigenvalue weighted by atomic mass is 10.2. The molecule has 0 aliphatic heterocycles. The number of hydrogen-bond donors (Lipinski definition) is 0. The van der Waals surface area contributed by atoms with Crippen molar-refractivity contribution in [1.82, 2.24) is 4.98 Å². The van der Waals surface area contributed by atoms with E-state index in [2.05, 4.69) is 45.8 Å². The van der Waals surface area contributed by atoms with Crippen molar-refractivity contribution in [3.8, 4) is 5.88 Å². The van der Waals surface area contributed by atoms with Crippen LogP contribution < -0.4 is 4.74 Å². The fraction of sp³-hybridized carbons (Fsp3) is 0.100. The van der Waals surface area contributed by atoms with E-state index in [1.165, 1.54) is 3.57 Å². The van der Waals surface area contributed by atoms with E-state index in [0.29, 0.717) is 5.88 Å². The molecule has 0 unspecified atom stereocenters. The van der Waals surface area contributed by atoms with Crippen molar-refractivity contribution < 1.29 is 4.74 Å². The van der Waals surface area contributed by atoms with Gasteiger partial charge in [0.1, 0.15) is 0 Å². The highest BCUT2D eigenvalue weighted by molar-refractivity contribution is 14.1. The van der Waals surface area contributed by atoms with Gasteiger partial charge in [0.05, 0.1) is 7.11 Å². The smallest absolute Gasteiger partial charge is 0.213 e. The second-order valence-electron chi connectivity index (χ2n) is 2.72.